The van der Waals surface area contributed by atoms with E-state index in [1.807, 2.05) is 85.7 Å². The van der Waals surface area contributed by atoms with Gasteiger partial charge >= 0.3 is 5.97 Å². The molecule has 69 heavy (non-hydrogen) atoms. The number of rotatable bonds is 12. The number of ketones is 1. The Morgan fingerprint density at radius 1 is 1.00 bits per heavy atom. The summed E-state index contributed by atoms with van der Waals surface area (Å²) in [6.45, 7) is 23.2. The number of likely N-dealkylation sites (N-methyl/N-ethyl adjacent to an activating group) is 1. The maximum Gasteiger partial charge on any atom is 0.311 e. The minimum absolute atomic E-state index is 0.0314. The highest BCUT2D eigenvalue weighted by molar-refractivity contribution is 5.97. The van der Waals surface area contributed by atoms with Gasteiger partial charge in [0.1, 0.15) is 29.7 Å². The van der Waals surface area contributed by atoms with Gasteiger partial charge in [-0.3, -0.25) is 19.4 Å². The molecule has 6 rings (SSSR count). The number of primary amides is 1. The number of amides is 1. The Morgan fingerprint density at radius 3 is 2.36 bits per heavy atom. The molecular weight excluding hydrogens is 887 g/mol. The van der Waals surface area contributed by atoms with E-state index in [1.54, 1.807) is 45.2 Å². The van der Waals surface area contributed by atoms with E-state index in [0.717, 1.165) is 16.5 Å². The van der Waals surface area contributed by atoms with E-state index in [-0.39, 0.29) is 44.0 Å². The summed E-state index contributed by atoms with van der Waals surface area (Å²) in [4.78, 5) is 48.4. The molecule has 0 saturated carbocycles. The molecule has 5 heterocycles. The number of hydrogen-bond acceptors (Lipinski definition) is 15. The number of Topliss-reactive ketones (excluding diaryl/α,β-unsaturated/α-hetero) is 1. The molecule has 1 amide bonds. The van der Waals surface area contributed by atoms with Gasteiger partial charge < -0.3 is 58.7 Å². The van der Waals surface area contributed by atoms with Crippen LogP contribution < -0.4 is 5.73 Å². The average Bonchev–Trinajstić information content (AvgIpc) is 3.62. The third-order valence-electron chi connectivity index (χ3n) is 15.7. The van der Waals surface area contributed by atoms with E-state index < -0.39 is 107 Å². The summed E-state index contributed by atoms with van der Waals surface area (Å²) < 4.78 is 52.8. The first kappa shape index (κ1) is 54.6. The molecule has 16 nitrogen and oxygen atoms in total. The number of fused-ring (bicyclic) bond motifs is 2. The third-order valence-corrected chi connectivity index (χ3v) is 15.7. The third kappa shape index (κ3) is 11.5. The van der Waals surface area contributed by atoms with Gasteiger partial charge in [0.2, 0.25) is 5.91 Å². The SMILES string of the molecule is C=C1CO[C@]2(C)[C@@H](CC)OC(=O)[C@H](C)[C@@H](OC3C[C@@](C)(OC)[C@@H](O)[C@H](C)O3)[C@H](C)[C@@H](O[C@@H]3O[C@H](C)C[C@H](N(C)C)[C@H]3O)[C@](C)(OC/C=C/c3cnc4ccc(C(N)=O)cc4c3)C[C@@H](C)C(=O)C(C)[C@H]12. The first-order chi connectivity index (χ1) is 32.4. The molecule has 0 aliphatic carbocycles. The average molecular weight is 966 g/mol. The number of nitrogens with two attached hydrogens (primary N) is 1. The smallest absolute Gasteiger partial charge is 0.311 e. The van der Waals surface area contributed by atoms with E-state index in [0.29, 0.717) is 23.9 Å². The summed E-state index contributed by atoms with van der Waals surface area (Å²) in [6.07, 6.45) is -1.34. The maximum absolute atomic E-state index is 15.0. The second-order valence-electron chi connectivity index (χ2n) is 21.1. The molecule has 4 N–H and O–H groups in total. The molecule has 0 spiro atoms. The van der Waals surface area contributed by atoms with E-state index in [1.165, 1.54) is 7.11 Å². The number of methoxy groups -OCH3 is 1. The van der Waals surface area contributed by atoms with Crippen molar-refractivity contribution >= 4 is 34.6 Å². The number of cyclic esters (lactones) is 1. The summed E-state index contributed by atoms with van der Waals surface area (Å²) in [5.74, 6) is -4.55. The van der Waals surface area contributed by atoms with Crippen LogP contribution in [0.15, 0.2) is 48.7 Å². The molecule has 4 aliphatic rings. The first-order valence-corrected chi connectivity index (χ1v) is 24.6. The fourth-order valence-corrected chi connectivity index (χ4v) is 11.6. The van der Waals surface area contributed by atoms with Crippen LogP contribution in [0.2, 0.25) is 0 Å². The second-order valence-corrected chi connectivity index (χ2v) is 21.1. The van der Waals surface area contributed by atoms with Crippen LogP contribution in [0.1, 0.15) is 111 Å². The molecule has 4 aliphatic heterocycles. The van der Waals surface area contributed by atoms with Crippen LogP contribution in [0.4, 0.5) is 0 Å². The summed E-state index contributed by atoms with van der Waals surface area (Å²) in [5.41, 5.74) is 4.66. The van der Waals surface area contributed by atoms with E-state index in [9.17, 15) is 19.8 Å². The van der Waals surface area contributed by atoms with Crippen molar-refractivity contribution in [1.82, 2.24) is 9.88 Å². The lowest BCUT2D eigenvalue weighted by atomic mass is 9.69. The van der Waals surface area contributed by atoms with Crippen molar-refractivity contribution in [3.8, 4) is 0 Å². The van der Waals surface area contributed by atoms with Crippen LogP contribution in [-0.4, -0.2) is 150 Å². The van der Waals surface area contributed by atoms with Crippen molar-refractivity contribution in [1.29, 1.82) is 0 Å². The molecule has 0 bridgehead atoms. The molecule has 2 unspecified atom stereocenters. The van der Waals surface area contributed by atoms with Crippen molar-refractivity contribution in [3.05, 3.63) is 59.8 Å². The molecule has 4 saturated heterocycles. The van der Waals surface area contributed by atoms with Gasteiger partial charge in [0, 0.05) is 60.4 Å². The van der Waals surface area contributed by atoms with E-state index in [4.69, 9.17) is 43.6 Å². The number of hydrogen-bond donors (Lipinski definition) is 3. The number of ether oxygens (including phenoxy) is 8. The van der Waals surface area contributed by atoms with Crippen LogP contribution in [0.25, 0.3) is 17.0 Å². The monoisotopic (exact) mass is 966 g/mol. The van der Waals surface area contributed by atoms with Gasteiger partial charge in [0.05, 0.1) is 60.3 Å². The zero-order valence-electron chi connectivity index (χ0n) is 43.0. The predicted molar refractivity (Wildman–Crippen MR) is 260 cm³/mol. The standard InChI is InChI=1S/C53H79N3O13/c1-15-40-53(11)42(29(3)27-64-53)31(5)43(57)28(2)24-52(10,63-20-16-17-35-22-37-23-36(48(54)60)18-19-38(37)55-26-35)47(69-50-44(58)39(56(12)13)21-30(4)65-50)32(6)45(33(7)49(61)67-40)68-41-25-51(9,62-14)46(59)34(8)66-41/h16-19,22-23,26,28,30-34,39-42,44-47,50,58-59H,3,15,20-21,24-25,27H2,1-2,4-14H3,(H2,54,60)/b17-16+/t28-,30-,31?,32+,33-,34+,39+,40-,41?,42+,44-,45+,46+,47-,50+,51-,52-,53-/m1/s1. The van der Waals surface area contributed by atoms with E-state index in [2.05, 4.69) is 11.6 Å². The normalized spacial score (nSPS) is 40.8. The van der Waals surface area contributed by atoms with Crippen molar-refractivity contribution in [2.75, 3.05) is 34.4 Å². The minimum Gasteiger partial charge on any atom is -0.459 e. The number of aliphatic hydroxyl groups is 2. The summed E-state index contributed by atoms with van der Waals surface area (Å²) in [5, 5.41) is 23.9. The zero-order chi connectivity index (χ0) is 50.9. The van der Waals surface area contributed by atoms with Crippen LogP contribution in [-0.2, 0) is 47.5 Å². The van der Waals surface area contributed by atoms with Crippen molar-refractivity contribution < 1.29 is 62.5 Å². The largest absolute Gasteiger partial charge is 0.459 e. The molecule has 0 radical (unpaired) electrons. The lowest BCUT2D eigenvalue weighted by molar-refractivity contribution is -0.320. The van der Waals surface area contributed by atoms with Gasteiger partial charge in [-0.05, 0) is 110 Å². The summed E-state index contributed by atoms with van der Waals surface area (Å²) in [7, 11) is 5.32. The molecule has 1 aromatic carbocycles. The molecule has 1 aromatic heterocycles. The molecule has 384 valence electrons. The zero-order valence-corrected chi connectivity index (χ0v) is 43.0. The van der Waals surface area contributed by atoms with Crippen molar-refractivity contribution in [2.24, 2.45) is 35.3 Å². The fraction of sp³-hybridized carbons (Fsp3) is 0.698. The highest BCUT2D eigenvalue weighted by Crippen LogP contribution is 2.47. The number of pyridine rings is 1. The quantitative estimate of drug-likeness (QED) is 0.164. The minimum atomic E-state index is -1.35. The van der Waals surface area contributed by atoms with Gasteiger partial charge in [-0.15, -0.1) is 0 Å². The number of benzene rings is 1. The number of aliphatic hydroxyl groups excluding tert-OH is 2. The summed E-state index contributed by atoms with van der Waals surface area (Å²) >= 11 is 0. The van der Waals surface area contributed by atoms with Crippen molar-refractivity contribution in [2.45, 2.75) is 173 Å². The Labute approximate surface area is 408 Å². The van der Waals surface area contributed by atoms with Crippen LogP contribution in [0, 0.1) is 29.6 Å². The highest BCUT2D eigenvalue weighted by atomic mass is 16.7. The summed E-state index contributed by atoms with van der Waals surface area (Å²) in [6, 6.07) is 6.66. The number of nitrogens with zero attached hydrogens (tertiary/aromatic N) is 2. The Morgan fingerprint density at radius 2 is 1.71 bits per heavy atom. The maximum atomic E-state index is 15.0. The predicted octanol–water partition coefficient (Wildman–Crippen LogP) is 6.02. The lowest BCUT2D eigenvalue weighted by Gasteiger charge is -2.50. The number of esters is 1. The highest BCUT2D eigenvalue weighted by Gasteiger charge is 2.57. The fourth-order valence-electron chi connectivity index (χ4n) is 11.6. The Balaban J connectivity index is 1.48. The Kier molecular flexibility index (Phi) is 17.4. The Hall–Kier alpha value is -3.68. The van der Waals surface area contributed by atoms with Gasteiger partial charge in [0.15, 0.2) is 12.6 Å². The van der Waals surface area contributed by atoms with E-state index >= 15 is 4.79 Å². The van der Waals surface area contributed by atoms with Crippen LogP contribution in [0.3, 0.4) is 0 Å². The number of carbonyl (C=O) groups is 3. The van der Waals surface area contributed by atoms with Crippen molar-refractivity contribution in [3.63, 3.8) is 0 Å². The lowest BCUT2D eigenvalue weighted by Crippen LogP contribution is -2.61. The first-order valence-electron chi connectivity index (χ1n) is 24.6. The molecular formula is C53H79N3O13. The Bertz CT molecular complexity index is 2190. The second kappa shape index (κ2) is 22.0. The number of aromatic nitrogens is 1. The van der Waals surface area contributed by atoms with Gasteiger partial charge in [-0.1, -0.05) is 46.4 Å². The van der Waals surface area contributed by atoms with Crippen LogP contribution in [0.5, 0.6) is 0 Å². The molecule has 2 aromatic rings. The topological polar surface area (TPSA) is 208 Å². The van der Waals surface area contributed by atoms with Gasteiger partial charge in [-0.2, -0.15) is 0 Å². The number of carbonyl (C=O) groups excluding carboxylic acids is 3. The van der Waals surface area contributed by atoms with Gasteiger partial charge in [0.25, 0.3) is 0 Å². The molecule has 18 atom stereocenters. The molecule has 16 heteroatoms. The molecule has 4 fully saturated rings. The van der Waals surface area contributed by atoms with Crippen LogP contribution >= 0.6 is 0 Å². The van der Waals surface area contributed by atoms with Gasteiger partial charge in [-0.25, -0.2) is 0 Å².